The second-order valence-corrected chi connectivity index (χ2v) is 9.64. The number of carbonyl (C=O) groups excluding carboxylic acids is 1. The van der Waals surface area contributed by atoms with Crippen LogP contribution in [0.25, 0.3) is 33.1 Å². The summed E-state index contributed by atoms with van der Waals surface area (Å²) in [6, 6.07) is 18.4. The Labute approximate surface area is 222 Å². The molecule has 37 heavy (non-hydrogen) atoms. The molecule has 1 aliphatic heterocycles. The lowest BCUT2D eigenvalue weighted by atomic mass is 10.0. The minimum Gasteiger partial charge on any atom is -0.371 e. The van der Waals surface area contributed by atoms with E-state index in [4.69, 9.17) is 0 Å². The third kappa shape index (κ3) is 4.80. The molecular formula is C29H29ClN6O. The Kier molecular flexibility index (Phi) is 6.91. The number of ketones is 1. The molecule has 7 nitrogen and oxygen atoms in total. The first kappa shape index (κ1) is 24.9. The molecule has 0 spiro atoms. The summed E-state index contributed by atoms with van der Waals surface area (Å²) in [4.78, 5) is 34.9. The largest absolute Gasteiger partial charge is 0.371 e. The van der Waals surface area contributed by atoms with Crippen LogP contribution in [0.15, 0.2) is 73.2 Å². The fourth-order valence-electron chi connectivity index (χ4n) is 5.12. The second-order valence-electron chi connectivity index (χ2n) is 9.64. The molecule has 0 atom stereocenters. The number of imidazole rings is 1. The zero-order chi connectivity index (χ0) is 24.6. The van der Waals surface area contributed by atoms with Gasteiger partial charge in [-0.15, -0.1) is 12.4 Å². The van der Waals surface area contributed by atoms with Crippen LogP contribution in [-0.4, -0.2) is 63.8 Å². The van der Waals surface area contributed by atoms with Crippen LogP contribution in [0.3, 0.4) is 0 Å². The maximum Gasteiger partial charge on any atom is 0.228 e. The summed E-state index contributed by atoms with van der Waals surface area (Å²) in [5.41, 5.74) is 4.97. The van der Waals surface area contributed by atoms with Crippen molar-refractivity contribution in [2.24, 2.45) is 0 Å². The Morgan fingerprint density at radius 2 is 1.84 bits per heavy atom. The molecule has 8 heteroatoms. The average molecular weight is 513 g/mol. The summed E-state index contributed by atoms with van der Waals surface area (Å²) in [5.74, 6) is 0.179. The lowest BCUT2D eigenvalue weighted by Gasteiger charge is -2.36. The molecule has 188 valence electrons. The van der Waals surface area contributed by atoms with E-state index in [9.17, 15) is 4.79 Å². The third-order valence-corrected chi connectivity index (χ3v) is 7.21. The van der Waals surface area contributed by atoms with Crippen molar-refractivity contribution >= 4 is 45.7 Å². The van der Waals surface area contributed by atoms with Gasteiger partial charge in [0.1, 0.15) is 0 Å². The van der Waals surface area contributed by atoms with Gasteiger partial charge in [-0.25, -0.2) is 4.98 Å². The van der Waals surface area contributed by atoms with Crippen molar-refractivity contribution in [3.63, 3.8) is 0 Å². The van der Waals surface area contributed by atoms with Crippen LogP contribution in [0.4, 0.5) is 5.69 Å². The van der Waals surface area contributed by atoms with Gasteiger partial charge in [-0.3, -0.25) is 14.8 Å². The molecule has 0 radical (unpaired) electrons. The highest BCUT2D eigenvalue weighted by Gasteiger charge is 2.22. The number of piperidine rings is 1. The number of nitrogens with zero attached hydrogens (tertiary/aromatic N) is 5. The molecule has 3 aromatic heterocycles. The standard InChI is InChI=1S/C29H28N6O.ClH/c1-34(2)21-10-13-35(14-11-21)22-7-8-25-27(16-22)33-29(32-25)28(36)19-9-12-31-26(15-19)24-18-30-17-20-5-3-4-6-23(20)24;/h3-9,12,15-18,21H,10-11,13-14H2,1-2H3,(H,32,33);1H. The van der Waals surface area contributed by atoms with E-state index in [0.717, 1.165) is 59.0 Å². The highest BCUT2D eigenvalue weighted by atomic mass is 35.5. The summed E-state index contributed by atoms with van der Waals surface area (Å²) in [6.07, 6.45) is 7.59. The van der Waals surface area contributed by atoms with Crippen LogP contribution >= 0.6 is 12.4 Å². The number of carbonyl (C=O) groups is 1. The molecule has 5 aromatic rings. The molecule has 1 fully saturated rings. The topological polar surface area (TPSA) is 78.0 Å². The van der Waals surface area contributed by atoms with E-state index in [2.05, 4.69) is 56.0 Å². The van der Waals surface area contributed by atoms with Crippen molar-refractivity contribution in [3.05, 3.63) is 84.6 Å². The highest BCUT2D eigenvalue weighted by Crippen LogP contribution is 2.28. The number of halogens is 1. The number of benzene rings is 2. The smallest absolute Gasteiger partial charge is 0.228 e. The van der Waals surface area contributed by atoms with Gasteiger partial charge < -0.3 is 14.8 Å². The number of aromatic nitrogens is 4. The Morgan fingerprint density at radius 1 is 1.03 bits per heavy atom. The Morgan fingerprint density at radius 3 is 2.65 bits per heavy atom. The molecular weight excluding hydrogens is 484 g/mol. The van der Waals surface area contributed by atoms with Gasteiger partial charge in [-0.05, 0) is 62.7 Å². The van der Waals surface area contributed by atoms with Gasteiger partial charge in [0, 0.05) is 59.9 Å². The number of aromatic amines is 1. The number of hydrogen-bond donors (Lipinski definition) is 1. The van der Waals surface area contributed by atoms with Gasteiger partial charge >= 0.3 is 0 Å². The molecule has 0 amide bonds. The molecule has 1 N–H and O–H groups in total. The third-order valence-electron chi connectivity index (χ3n) is 7.21. The van der Waals surface area contributed by atoms with Gasteiger partial charge in [-0.2, -0.15) is 0 Å². The van der Waals surface area contributed by atoms with E-state index in [-0.39, 0.29) is 18.2 Å². The van der Waals surface area contributed by atoms with Crippen LogP contribution in [-0.2, 0) is 0 Å². The number of anilines is 1. The molecule has 0 unspecified atom stereocenters. The number of rotatable bonds is 5. The quantitative estimate of drug-likeness (QED) is 0.319. The summed E-state index contributed by atoms with van der Waals surface area (Å²) < 4.78 is 0. The zero-order valence-corrected chi connectivity index (χ0v) is 21.7. The van der Waals surface area contributed by atoms with Gasteiger partial charge in [0.05, 0.1) is 16.7 Å². The van der Waals surface area contributed by atoms with E-state index in [1.54, 1.807) is 18.5 Å². The molecule has 1 saturated heterocycles. The zero-order valence-electron chi connectivity index (χ0n) is 20.9. The average Bonchev–Trinajstić information content (AvgIpc) is 3.36. The molecule has 0 saturated carbocycles. The Bertz CT molecular complexity index is 1570. The van der Waals surface area contributed by atoms with Crippen molar-refractivity contribution in [1.29, 1.82) is 0 Å². The molecule has 4 heterocycles. The SMILES string of the molecule is CN(C)C1CCN(c2ccc3[nH]c(C(=O)c4ccnc(-c5cncc6ccccc56)c4)nc3c2)CC1.Cl. The van der Waals surface area contributed by atoms with E-state index in [1.807, 2.05) is 42.6 Å². The van der Waals surface area contributed by atoms with E-state index >= 15 is 0 Å². The first-order valence-electron chi connectivity index (χ1n) is 12.3. The molecule has 2 aromatic carbocycles. The molecule has 6 rings (SSSR count). The van der Waals surface area contributed by atoms with Gasteiger partial charge in [0.25, 0.3) is 0 Å². The van der Waals surface area contributed by atoms with Gasteiger partial charge in [-0.1, -0.05) is 24.3 Å². The predicted octanol–water partition coefficient (Wildman–Crippen LogP) is 5.36. The number of hydrogen-bond acceptors (Lipinski definition) is 6. The maximum absolute atomic E-state index is 13.4. The van der Waals surface area contributed by atoms with Crippen LogP contribution in [0, 0.1) is 0 Å². The number of H-pyrrole nitrogens is 1. The van der Waals surface area contributed by atoms with Crippen LogP contribution in [0.2, 0.25) is 0 Å². The summed E-state index contributed by atoms with van der Waals surface area (Å²) in [7, 11) is 4.30. The Hall–Kier alpha value is -3.81. The molecule has 1 aliphatic rings. The fourth-order valence-corrected chi connectivity index (χ4v) is 5.12. The first-order valence-corrected chi connectivity index (χ1v) is 12.3. The second kappa shape index (κ2) is 10.3. The number of fused-ring (bicyclic) bond motifs is 2. The van der Waals surface area contributed by atoms with E-state index in [1.165, 1.54) is 0 Å². The number of nitrogens with one attached hydrogen (secondary N) is 1. The number of pyridine rings is 2. The van der Waals surface area contributed by atoms with Crippen molar-refractivity contribution < 1.29 is 4.79 Å². The van der Waals surface area contributed by atoms with Crippen LogP contribution < -0.4 is 4.90 Å². The lowest BCUT2D eigenvalue weighted by molar-refractivity contribution is 0.103. The first-order chi connectivity index (χ1) is 17.6. The van der Waals surface area contributed by atoms with E-state index < -0.39 is 0 Å². The van der Waals surface area contributed by atoms with Crippen LogP contribution in [0.5, 0.6) is 0 Å². The van der Waals surface area contributed by atoms with Gasteiger partial charge in [0.2, 0.25) is 5.78 Å². The minimum absolute atomic E-state index is 0. The Balaban J connectivity index is 0.00000280. The summed E-state index contributed by atoms with van der Waals surface area (Å²) in [5, 5.41) is 2.09. The lowest BCUT2D eigenvalue weighted by Crippen LogP contribution is -2.41. The highest BCUT2D eigenvalue weighted by molar-refractivity contribution is 6.09. The minimum atomic E-state index is -0.156. The fraction of sp³-hybridized carbons (Fsp3) is 0.241. The van der Waals surface area contributed by atoms with Crippen molar-refractivity contribution in [1.82, 2.24) is 24.8 Å². The van der Waals surface area contributed by atoms with Gasteiger partial charge in [0.15, 0.2) is 5.82 Å². The monoisotopic (exact) mass is 512 g/mol. The summed E-state index contributed by atoms with van der Waals surface area (Å²) in [6.45, 7) is 2.04. The van der Waals surface area contributed by atoms with Crippen molar-refractivity contribution in [3.8, 4) is 11.3 Å². The molecule has 0 bridgehead atoms. The predicted molar refractivity (Wildman–Crippen MR) is 151 cm³/mol. The summed E-state index contributed by atoms with van der Waals surface area (Å²) >= 11 is 0. The molecule has 0 aliphatic carbocycles. The van der Waals surface area contributed by atoms with Crippen molar-refractivity contribution in [2.75, 3.05) is 32.1 Å². The normalized spacial score (nSPS) is 14.3. The van der Waals surface area contributed by atoms with Crippen LogP contribution in [0.1, 0.15) is 29.0 Å². The van der Waals surface area contributed by atoms with E-state index in [0.29, 0.717) is 23.1 Å². The maximum atomic E-state index is 13.4. The van der Waals surface area contributed by atoms with Crippen molar-refractivity contribution in [2.45, 2.75) is 18.9 Å².